The summed E-state index contributed by atoms with van der Waals surface area (Å²) in [7, 11) is 6.67. The smallest absolute Gasteiger partial charge is 0.347 e. The van der Waals surface area contributed by atoms with Gasteiger partial charge in [0.1, 0.15) is 0 Å². The fourth-order valence-electron chi connectivity index (χ4n) is 1.21. The van der Waals surface area contributed by atoms with E-state index in [1.165, 1.54) is 16.7 Å². The van der Waals surface area contributed by atoms with Gasteiger partial charge in [0.25, 0.3) is 0 Å². The van der Waals surface area contributed by atoms with Crippen molar-refractivity contribution >= 4 is 23.5 Å². The highest BCUT2D eigenvalue weighted by molar-refractivity contribution is 6.17. The molecule has 0 saturated carbocycles. The summed E-state index contributed by atoms with van der Waals surface area (Å²) in [6.07, 6.45) is 0. The molecule has 0 saturated heterocycles. The van der Waals surface area contributed by atoms with Gasteiger partial charge in [-0.2, -0.15) is 9.97 Å². The molecule has 0 aromatic carbocycles. The summed E-state index contributed by atoms with van der Waals surface area (Å²) in [5.74, 6) is 1.01. The minimum Gasteiger partial charge on any atom is -0.347 e. The average Bonchev–Trinajstić information content (AvgIpc) is 2.30. The monoisotopic (exact) mass is 261 g/mol. The first-order valence-electron chi connectivity index (χ1n) is 5.01. The Morgan fingerprint density at radius 1 is 1.35 bits per heavy atom. The summed E-state index contributed by atoms with van der Waals surface area (Å²) in [4.78, 5) is 26.6. The van der Waals surface area contributed by atoms with Crippen LogP contribution in [-0.2, 0) is 11.4 Å². The SMILES string of the molecule is CON(C)c1nc(N(C)C)nc(=O)n1CCCl. The summed E-state index contributed by atoms with van der Waals surface area (Å²) in [6, 6.07) is 0. The van der Waals surface area contributed by atoms with Gasteiger partial charge in [-0.25, -0.2) is 9.86 Å². The molecule has 0 bridgehead atoms. The van der Waals surface area contributed by atoms with Gasteiger partial charge >= 0.3 is 5.69 Å². The zero-order chi connectivity index (χ0) is 13.0. The van der Waals surface area contributed by atoms with Gasteiger partial charge in [-0.3, -0.25) is 9.40 Å². The third-order valence-electron chi connectivity index (χ3n) is 2.13. The van der Waals surface area contributed by atoms with Crippen LogP contribution in [0, 0.1) is 0 Å². The van der Waals surface area contributed by atoms with Crippen LogP contribution in [0.3, 0.4) is 0 Å². The van der Waals surface area contributed by atoms with Crippen molar-refractivity contribution in [2.45, 2.75) is 6.54 Å². The van der Waals surface area contributed by atoms with Crippen LogP contribution in [0.4, 0.5) is 11.9 Å². The minimum absolute atomic E-state index is 0.301. The van der Waals surface area contributed by atoms with Crippen molar-refractivity contribution in [1.29, 1.82) is 0 Å². The molecule has 0 unspecified atom stereocenters. The second-order valence-corrected chi connectivity index (χ2v) is 3.90. The number of hydrogen-bond acceptors (Lipinski definition) is 6. The zero-order valence-electron chi connectivity index (χ0n) is 10.3. The molecule has 0 amide bonds. The lowest BCUT2D eigenvalue weighted by molar-refractivity contribution is 0.176. The standard InChI is InChI=1S/C9H16ClN5O2/c1-13(2)7-11-8(14(3)17-4)15(6-5-10)9(16)12-7/h5-6H2,1-4H3. The molecule has 0 spiro atoms. The van der Waals surface area contributed by atoms with E-state index < -0.39 is 5.69 Å². The molecule has 0 aliphatic carbocycles. The second kappa shape index (κ2) is 5.83. The Bertz CT molecular complexity index is 434. The largest absolute Gasteiger partial charge is 0.353 e. The highest BCUT2D eigenvalue weighted by atomic mass is 35.5. The maximum atomic E-state index is 11.8. The van der Waals surface area contributed by atoms with Crippen LogP contribution >= 0.6 is 11.6 Å². The van der Waals surface area contributed by atoms with Crippen LogP contribution in [0.5, 0.6) is 0 Å². The first-order chi connectivity index (χ1) is 8.01. The van der Waals surface area contributed by atoms with Gasteiger partial charge in [-0.05, 0) is 0 Å². The lowest BCUT2D eigenvalue weighted by Gasteiger charge is -2.20. The summed E-state index contributed by atoms with van der Waals surface area (Å²) in [5, 5.41) is 1.39. The molecule has 8 heteroatoms. The van der Waals surface area contributed by atoms with Crippen molar-refractivity contribution in [1.82, 2.24) is 14.5 Å². The maximum absolute atomic E-state index is 11.8. The Morgan fingerprint density at radius 3 is 2.47 bits per heavy atom. The Kier molecular flexibility index (Phi) is 4.71. The predicted octanol–water partition coefficient (Wildman–Crippen LogP) is -0.0593. The third-order valence-corrected chi connectivity index (χ3v) is 2.30. The van der Waals surface area contributed by atoms with Gasteiger partial charge < -0.3 is 4.90 Å². The van der Waals surface area contributed by atoms with E-state index in [0.29, 0.717) is 24.3 Å². The molecule has 0 radical (unpaired) electrons. The van der Waals surface area contributed by atoms with Crippen LogP contribution in [0.2, 0.25) is 0 Å². The first kappa shape index (κ1) is 13.7. The molecule has 0 N–H and O–H groups in total. The van der Waals surface area contributed by atoms with E-state index in [1.54, 1.807) is 26.0 Å². The van der Waals surface area contributed by atoms with Gasteiger partial charge in [0.05, 0.1) is 7.11 Å². The van der Waals surface area contributed by atoms with E-state index in [0.717, 1.165) is 0 Å². The van der Waals surface area contributed by atoms with Gasteiger partial charge in [0.15, 0.2) is 0 Å². The van der Waals surface area contributed by atoms with Gasteiger partial charge in [-0.1, -0.05) is 0 Å². The Labute approximate surface area is 105 Å². The van der Waals surface area contributed by atoms with Gasteiger partial charge in [0.2, 0.25) is 11.9 Å². The fraction of sp³-hybridized carbons (Fsp3) is 0.667. The van der Waals surface area contributed by atoms with Crippen LogP contribution < -0.4 is 15.7 Å². The number of alkyl halides is 1. The van der Waals surface area contributed by atoms with E-state index in [4.69, 9.17) is 16.4 Å². The second-order valence-electron chi connectivity index (χ2n) is 3.52. The molecule has 7 nitrogen and oxygen atoms in total. The van der Waals surface area contributed by atoms with Crippen LogP contribution in [-0.4, -0.2) is 48.7 Å². The zero-order valence-corrected chi connectivity index (χ0v) is 11.1. The highest BCUT2D eigenvalue weighted by Crippen LogP contribution is 2.10. The first-order valence-corrected chi connectivity index (χ1v) is 5.54. The normalized spacial score (nSPS) is 10.4. The van der Waals surface area contributed by atoms with Crippen molar-refractivity contribution < 1.29 is 4.84 Å². The molecule has 1 rings (SSSR count). The lowest BCUT2D eigenvalue weighted by atomic mass is 10.6. The molecule has 0 aliphatic heterocycles. The van der Waals surface area contributed by atoms with E-state index in [1.807, 2.05) is 0 Å². The van der Waals surface area contributed by atoms with Gasteiger partial charge in [0, 0.05) is 33.6 Å². The number of nitrogens with zero attached hydrogens (tertiary/aromatic N) is 5. The quantitative estimate of drug-likeness (QED) is 0.547. The van der Waals surface area contributed by atoms with Crippen molar-refractivity contribution in [3.8, 4) is 0 Å². The molecule has 17 heavy (non-hydrogen) atoms. The fourth-order valence-corrected chi connectivity index (χ4v) is 1.38. The lowest BCUT2D eigenvalue weighted by Crippen LogP contribution is -2.34. The average molecular weight is 262 g/mol. The number of aromatic nitrogens is 3. The van der Waals surface area contributed by atoms with E-state index in [-0.39, 0.29) is 0 Å². The molecule has 0 aliphatic rings. The molecule has 96 valence electrons. The number of hydroxylamine groups is 1. The molecule has 1 aromatic rings. The maximum Gasteiger partial charge on any atom is 0.353 e. The topological polar surface area (TPSA) is 63.5 Å². The number of anilines is 2. The van der Waals surface area contributed by atoms with Crippen LogP contribution in [0.1, 0.15) is 0 Å². The van der Waals surface area contributed by atoms with Crippen molar-refractivity contribution in [3.05, 3.63) is 10.5 Å². The summed E-state index contributed by atoms with van der Waals surface area (Å²) in [5.41, 5.74) is -0.400. The minimum atomic E-state index is -0.400. The van der Waals surface area contributed by atoms with E-state index >= 15 is 0 Å². The Balaban J connectivity index is 3.34. The van der Waals surface area contributed by atoms with Crippen molar-refractivity contribution in [3.63, 3.8) is 0 Å². The number of hydrogen-bond donors (Lipinski definition) is 0. The third kappa shape index (κ3) is 3.07. The molecular formula is C9H16ClN5O2. The predicted molar refractivity (Wildman–Crippen MR) is 66.8 cm³/mol. The Hall–Kier alpha value is -1.34. The summed E-state index contributed by atoms with van der Waals surface area (Å²) < 4.78 is 1.36. The van der Waals surface area contributed by atoms with E-state index in [9.17, 15) is 4.79 Å². The summed E-state index contributed by atoms with van der Waals surface area (Å²) >= 11 is 5.65. The number of halogens is 1. The van der Waals surface area contributed by atoms with Crippen LogP contribution in [0.25, 0.3) is 0 Å². The van der Waals surface area contributed by atoms with Crippen LogP contribution in [0.15, 0.2) is 4.79 Å². The van der Waals surface area contributed by atoms with Crippen molar-refractivity contribution in [2.75, 3.05) is 44.1 Å². The van der Waals surface area contributed by atoms with E-state index in [2.05, 4.69) is 9.97 Å². The molecule has 1 heterocycles. The van der Waals surface area contributed by atoms with Gasteiger partial charge in [-0.15, -0.1) is 11.6 Å². The molecule has 1 aromatic heterocycles. The van der Waals surface area contributed by atoms with Crippen molar-refractivity contribution in [2.24, 2.45) is 0 Å². The Morgan fingerprint density at radius 2 is 2.00 bits per heavy atom. The number of rotatable bonds is 5. The summed E-state index contributed by atoms with van der Waals surface area (Å²) in [6.45, 7) is 0.330. The molecule has 0 fully saturated rings. The molecular weight excluding hydrogens is 246 g/mol. The highest BCUT2D eigenvalue weighted by Gasteiger charge is 2.14. The molecule has 0 atom stereocenters.